The minimum Gasteiger partial charge on any atom is -0.497 e. The molecule has 0 radical (unpaired) electrons. The lowest BCUT2D eigenvalue weighted by Crippen LogP contribution is -2.12. The Morgan fingerprint density at radius 1 is 1.18 bits per heavy atom. The number of benzene rings is 2. The molecule has 3 aromatic rings. The van der Waals surface area contributed by atoms with Crippen LogP contribution in [0.3, 0.4) is 0 Å². The zero-order chi connectivity index (χ0) is 19.9. The number of hydrogen-bond donors (Lipinski definition) is 0. The molecule has 0 aliphatic heterocycles. The van der Waals surface area contributed by atoms with Crippen molar-refractivity contribution >= 4 is 33.5 Å². The fourth-order valence-corrected chi connectivity index (χ4v) is 3.79. The SMILES string of the molecule is C=CCN=c1scc(-c2cc(OC)ccc2OC)n1N=Cc1ccccc1Br. The molecule has 0 amide bonds. The monoisotopic (exact) mass is 457 g/mol. The third-order valence-corrected chi connectivity index (χ3v) is 5.52. The highest BCUT2D eigenvalue weighted by Crippen LogP contribution is 2.33. The summed E-state index contributed by atoms with van der Waals surface area (Å²) in [5.41, 5.74) is 2.72. The Morgan fingerprint density at radius 3 is 2.71 bits per heavy atom. The molecule has 7 heteroatoms. The number of thiazole rings is 1. The maximum Gasteiger partial charge on any atom is 0.206 e. The smallest absolute Gasteiger partial charge is 0.206 e. The molecule has 0 saturated carbocycles. The molecule has 0 N–H and O–H groups in total. The first kappa shape index (κ1) is 20.1. The number of aromatic nitrogens is 1. The van der Waals surface area contributed by atoms with Crippen molar-refractivity contribution < 1.29 is 9.47 Å². The summed E-state index contributed by atoms with van der Waals surface area (Å²) in [6, 6.07) is 13.6. The molecule has 28 heavy (non-hydrogen) atoms. The molecule has 0 unspecified atom stereocenters. The van der Waals surface area contributed by atoms with Gasteiger partial charge >= 0.3 is 0 Å². The normalized spacial score (nSPS) is 11.8. The number of hydrogen-bond acceptors (Lipinski definition) is 5. The van der Waals surface area contributed by atoms with E-state index >= 15 is 0 Å². The second-order valence-electron chi connectivity index (χ2n) is 5.68. The summed E-state index contributed by atoms with van der Waals surface area (Å²) in [5.74, 6) is 1.48. The number of rotatable bonds is 7. The quantitative estimate of drug-likeness (QED) is 0.371. The second-order valence-corrected chi connectivity index (χ2v) is 7.37. The lowest BCUT2D eigenvalue weighted by atomic mass is 10.1. The summed E-state index contributed by atoms with van der Waals surface area (Å²) in [5, 5.41) is 6.72. The number of methoxy groups -OCH3 is 2. The Morgan fingerprint density at radius 2 is 2.00 bits per heavy atom. The highest BCUT2D eigenvalue weighted by Gasteiger charge is 2.14. The molecule has 0 saturated heterocycles. The summed E-state index contributed by atoms with van der Waals surface area (Å²) >= 11 is 5.06. The van der Waals surface area contributed by atoms with E-state index in [1.54, 1.807) is 26.5 Å². The van der Waals surface area contributed by atoms with Crippen LogP contribution in [0.4, 0.5) is 0 Å². The lowest BCUT2D eigenvalue weighted by molar-refractivity contribution is 0.404. The molecule has 2 aromatic carbocycles. The van der Waals surface area contributed by atoms with Gasteiger partial charge in [-0.2, -0.15) is 5.10 Å². The van der Waals surface area contributed by atoms with E-state index in [-0.39, 0.29) is 0 Å². The highest BCUT2D eigenvalue weighted by molar-refractivity contribution is 9.10. The van der Waals surface area contributed by atoms with Gasteiger partial charge in [-0.15, -0.1) is 17.9 Å². The third kappa shape index (κ3) is 4.43. The fraction of sp³-hybridized carbons (Fsp3) is 0.143. The minimum atomic E-state index is 0.514. The van der Waals surface area contributed by atoms with Crippen molar-refractivity contribution in [1.29, 1.82) is 0 Å². The van der Waals surface area contributed by atoms with E-state index in [0.29, 0.717) is 6.54 Å². The second kappa shape index (κ2) is 9.52. The van der Waals surface area contributed by atoms with Crippen LogP contribution >= 0.6 is 27.3 Å². The van der Waals surface area contributed by atoms with Gasteiger partial charge < -0.3 is 9.47 Å². The van der Waals surface area contributed by atoms with Crippen molar-refractivity contribution in [1.82, 2.24) is 4.68 Å². The van der Waals surface area contributed by atoms with Gasteiger partial charge in [0, 0.05) is 21.0 Å². The van der Waals surface area contributed by atoms with Gasteiger partial charge in [0.25, 0.3) is 0 Å². The van der Waals surface area contributed by atoms with Crippen molar-refractivity contribution in [2.75, 3.05) is 20.8 Å². The standard InChI is InChI=1S/C21H20BrN3O2S/c1-4-11-23-21-25(24-13-15-7-5-6-8-18(15)22)19(14-28-21)17-12-16(26-2)9-10-20(17)27-3/h4-10,12-14H,1,11H2,2-3H3. The van der Waals surface area contributed by atoms with Gasteiger partial charge in [0.05, 0.1) is 32.7 Å². The summed E-state index contributed by atoms with van der Waals surface area (Å²) in [6.45, 7) is 4.26. The summed E-state index contributed by atoms with van der Waals surface area (Å²) in [4.78, 5) is 5.34. The van der Waals surface area contributed by atoms with Gasteiger partial charge in [0.1, 0.15) is 11.5 Å². The van der Waals surface area contributed by atoms with Gasteiger partial charge in [-0.05, 0) is 24.3 Å². The molecule has 144 valence electrons. The molecule has 1 aromatic heterocycles. The first-order valence-corrected chi connectivity index (χ1v) is 10.2. The molecule has 1 heterocycles. The predicted molar refractivity (Wildman–Crippen MR) is 119 cm³/mol. The zero-order valence-corrected chi connectivity index (χ0v) is 18.0. The third-order valence-electron chi connectivity index (χ3n) is 3.94. The molecule has 0 aliphatic carbocycles. The molecule has 0 bridgehead atoms. The van der Waals surface area contributed by atoms with E-state index in [4.69, 9.17) is 14.6 Å². The molecule has 0 spiro atoms. The van der Waals surface area contributed by atoms with Crippen LogP contribution in [-0.4, -0.2) is 31.7 Å². The Balaban J connectivity index is 2.17. The van der Waals surface area contributed by atoms with Crippen molar-refractivity contribution in [3.8, 4) is 22.8 Å². The van der Waals surface area contributed by atoms with Crippen LogP contribution in [0.25, 0.3) is 11.3 Å². The van der Waals surface area contributed by atoms with Crippen LogP contribution in [0.15, 0.2) is 75.1 Å². The van der Waals surface area contributed by atoms with Crippen LogP contribution in [0.5, 0.6) is 11.5 Å². The van der Waals surface area contributed by atoms with Gasteiger partial charge in [0.15, 0.2) is 0 Å². The van der Waals surface area contributed by atoms with Crippen molar-refractivity contribution in [3.63, 3.8) is 0 Å². The largest absolute Gasteiger partial charge is 0.497 e. The Labute approximate surface area is 176 Å². The average Bonchev–Trinajstić information content (AvgIpc) is 3.13. The summed E-state index contributed by atoms with van der Waals surface area (Å²) in [6.07, 6.45) is 3.56. The van der Waals surface area contributed by atoms with Gasteiger partial charge in [0.2, 0.25) is 4.80 Å². The van der Waals surface area contributed by atoms with E-state index in [1.807, 2.05) is 52.5 Å². The highest BCUT2D eigenvalue weighted by atomic mass is 79.9. The first-order valence-electron chi connectivity index (χ1n) is 8.51. The molecule has 3 rings (SSSR count). The molecule has 0 fully saturated rings. The van der Waals surface area contributed by atoms with Crippen molar-refractivity contribution in [3.05, 3.63) is 75.3 Å². The Kier molecular flexibility index (Phi) is 6.84. The van der Waals surface area contributed by atoms with E-state index in [9.17, 15) is 0 Å². The van der Waals surface area contributed by atoms with Crippen LogP contribution in [0.1, 0.15) is 5.56 Å². The maximum absolute atomic E-state index is 5.56. The van der Waals surface area contributed by atoms with E-state index in [1.165, 1.54) is 11.3 Å². The molecule has 5 nitrogen and oxygen atoms in total. The molecule has 0 aliphatic rings. The van der Waals surface area contributed by atoms with E-state index < -0.39 is 0 Å². The van der Waals surface area contributed by atoms with Crippen LogP contribution < -0.4 is 14.3 Å². The average molecular weight is 458 g/mol. The van der Waals surface area contributed by atoms with Crippen LogP contribution in [-0.2, 0) is 0 Å². The van der Waals surface area contributed by atoms with Gasteiger partial charge in [-0.1, -0.05) is 40.2 Å². The maximum atomic E-state index is 5.56. The lowest BCUT2D eigenvalue weighted by Gasteiger charge is -2.11. The van der Waals surface area contributed by atoms with Crippen molar-refractivity contribution in [2.45, 2.75) is 0 Å². The number of nitrogens with zero attached hydrogens (tertiary/aromatic N) is 3. The summed E-state index contributed by atoms with van der Waals surface area (Å²) in [7, 11) is 3.29. The first-order chi connectivity index (χ1) is 13.7. The van der Waals surface area contributed by atoms with Gasteiger partial charge in [-0.3, -0.25) is 4.99 Å². The van der Waals surface area contributed by atoms with Crippen LogP contribution in [0.2, 0.25) is 0 Å². The topological polar surface area (TPSA) is 48.1 Å². The van der Waals surface area contributed by atoms with E-state index in [0.717, 1.165) is 37.6 Å². The fourth-order valence-electron chi connectivity index (χ4n) is 2.56. The molecular formula is C21H20BrN3O2S. The van der Waals surface area contributed by atoms with E-state index in [2.05, 4.69) is 27.5 Å². The van der Waals surface area contributed by atoms with Crippen molar-refractivity contribution in [2.24, 2.45) is 10.1 Å². The Bertz CT molecular complexity index is 1070. The molecule has 0 atom stereocenters. The predicted octanol–water partition coefficient (Wildman–Crippen LogP) is 4.97. The van der Waals surface area contributed by atoms with Crippen LogP contribution in [0, 0.1) is 0 Å². The Hall–Kier alpha value is -2.64. The zero-order valence-electron chi connectivity index (χ0n) is 15.6. The number of halogens is 1. The van der Waals surface area contributed by atoms with Gasteiger partial charge in [-0.25, -0.2) is 4.68 Å². The molecular weight excluding hydrogens is 438 g/mol. The number of ether oxygens (including phenoxy) is 2. The minimum absolute atomic E-state index is 0.514. The summed E-state index contributed by atoms with van der Waals surface area (Å²) < 4.78 is 13.7.